The standard InChI is InChI=1S/C28H24F4N4O4/c1-14-9-17(10-16-7-8-34-21(14)16)24(37)35-12-27(39,28(30,31)32)20-11-19-23(40-13-26(19,2)25(33)38)22(36-20)15-3-5-18(29)6-4-15/h3-11,34,39H,12-13H2,1-2H3,(H2,33,38)(H,35,37)/t26-,27-/m0/s1. The van der Waals surface area contributed by atoms with Crippen molar-refractivity contribution < 1.29 is 37.0 Å². The van der Waals surface area contributed by atoms with Gasteiger partial charge >= 0.3 is 6.18 Å². The van der Waals surface area contributed by atoms with E-state index in [9.17, 15) is 32.3 Å². The zero-order valence-corrected chi connectivity index (χ0v) is 21.3. The molecule has 2 aromatic heterocycles. The molecule has 12 heteroatoms. The number of aromatic nitrogens is 2. The number of nitrogens with one attached hydrogen (secondary N) is 2. The first-order chi connectivity index (χ1) is 18.7. The maximum absolute atomic E-state index is 14.5. The summed E-state index contributed by atoms with van der Waals surface area (Å²) in [5.74, 6) is -2.32. The number of amides is 2. The van der Waals surface area contributed by atoms with Crippen molar-refractivity contribution in [2.45, 2.75) is 31.0 Å². The fourth-order valence-corrected chi connectivity index (χ4v) is 4.74. The number of nitrogens with two attached hydrogens (primary N) is 1. The molecule has 2 amide bonds. The van der Waals surface area contributed by atoms with Gasteiger partial charge in [-0.3, -0.25) is 9.59 Å². The van der Waals surface area contributed by atoms with Crippen LogP contribution >= 0.6 is 0 Å². The summed E-state index contributed by atoms with van der Waals surface area (Å²) in [7, 11) is 0. The predicted octanol–water partition coefficient (Wildman–Crippen LogP) is 3.99. The predicted molar refractivity (Wildman–Crippen MR) is 137 cm³/mol. The minimum absolute atomic E-state index is 0.0134. The van der Waals surface area contributed by atoms with Crippen LogP contribution in [-0.2, 0) is 15.8 Å². The average molecular weight is 557 g/mol. The van der Waals surface area contributed by atoms with Gasteiger partial charge < -0.3 is 25.9 Å². The van der Waals surface area contributed by atoms with Gasteiger partial charge in [-0.25, -0.2) is 9.37 Å². The number of H-pyrrole nitrogens is 1. The Morgan fingerprint density at radius 3 is 2.52 bits per heavy atom. The molecule has 208 valence electrons. The van der Waals surface area contributed by atoms with Crippen molar-refractivity contribution in [3.8, 4) is 17.0 Å². The van der Waals surface area contributed by atoms with Crippen molar-refractivity contribution in [3.63, 3.8) is 0 Å². The second-order valence-electron chi connectivity index (χ2n) is 10.0. The molecule has 0 bridgehead atoms. The van der Waals surface area contributed by atoms with Crippen molar-refractivity contribution in [2.24, 2.45) is 5.73 Å². The number of hydrogen-bond acceptors (Lipinski definition) is 5. The highest BCUT2D eigenvalue weighted by Gasteiger charge is 2.57. The lowest BCUT2D eigenvalue weighted by molar-refractivity contribution is -0.265. The van der Waals surface area contributed by atoms with Gasteiger partial charge in [0, 0.05) is 33.8 Å². The van der Waals surface area contributed by atoms with Gasteiger partial charge in [-0.2, -0.15) is 13.2 Å². The number of aryl methyl sites for hydroxylation is 1. The summed E-state index contributed by atoms with van der Waals surface area (Å²) in [5, 5.41) is 14.0. The Kier molecular flexibility index (Phi) is 6.33. The van der Waals surface area contributed by atoms with Crippen molar-refractivity contribution in [1.29, 1.82) is 0 Å². The number of benzene rings is 2. The lowest BCUT2D eigenvalue weighted by Crippen LogP contribution is -2.51. The SMILES string of the molecule is Cc1cc(C(=O)NC[C@](O)(c2cc3c(c(-c4ccc(F)cc4)n2)OC[C@]3(C)C(N)=O)C(F)(F)F)cc2cc[nH]c12. The fourth-order valence-electron chi connectivity index (χ4n) is 4.74. The van der Waals surface area contributed by atoms with Crippen molar-refractivity contribution in [2.75, 3.05) is 13.2 Å². The van der Waals surface area contributed by atoms with E-state index >= 15 is 0 Å². The molecule has 0 aliphatic carbocycles. The van der Waals surface area contributed by atoms with Crippen LogP contribution in [0.2, 0.25) is 0 Å². The molecule has 1 aliphatic heterocycles. The molecular formula is C28H24F4N4O4. The van der Waals surface area contributed by atoms with Gasteiger partial charge in [-0.05, 0) is 67.9 Å². The van der Waals surface area contributed by atoms with E-state index in [0.717, 1.165) is 23.7 Å². The number of primary amides is 1. The highest BCUT2D eigenvalue weighted by Crippen LogP contribution is 2.47. The van der Waals surface area contributed by atoms with Gasteiger partial charge in [0.15, 0.2) is 0 Å². The second-order valence-corrected chi connectivity index (χ2v) is 10.0. The molecule has 1 aliphatic rings. The van der Waals surface area contributed by atoms with Gasteiger partial charge in [0.25, 0.3) is 5.91 Å². The van der Waals surface area contributed by atoms with Gasteiger partial charge in [-0.15, -0.1) is 0 Å². The van der Waals surface area contributed by atoms with Crippen LogP contribution in [0.1, 0.15) is 34.1 Å². The van der Waals surface area contributed by atoms with E-state index in [2.05, 4.69) is 15.3 Å². The molecule has 2 atom stereocenters. The van der Waals surface area contributed by atoms with Crippen LogP contribution in [0, 0.1) is 12.7 Å². The molecule has 0 radical (unpaired) electrons. The highest BCUT2D eigenvalue weighted by molar-refractivity contribution is 5.99. The molecule has 0 unspecified atom stereocenters. The molecule has 5 rings (SSSR count). The van der Waals surface area contributed by atoms with Crippen LogP contribution in [0.15, 0.2) is 54.7 Å². The van der Waals surface area contributed by atoms with Crippen molar-refractivity contribution >= 4 is 22.7 Å². The first-order valence-electron chi connectivity index (χ1n) is 12.1. The Morgan fingerprint density at radius 2 is 1.88 bits per heavy atom. The number of nitrogens with zero attached hydrogens (tertiary/aromatic N) is 1. The Hall–Kier alpha value is -4.45. The van der Waals surface area contributed by atoms with Crippen LogP contribution in [0.5, 0.6) is 5.75 Å². The van der Waals surface area contributed by atoms with Crippen LogP contribution < -0.4 is 15.8 Å². The molecule has 3 heterocycles. The maximum Gasteiger partial charge on any atom is 0.424 e. The Labute approximate surface area is 225 Å². The quantitative estimate of drug-likeness (QED) is 0.267. The number of halogens is 4. The van der Waals surface area contributed by atoms with Crippen molar-refractivity contribution in [1.82, 2.24) is 15.3 Å². The lowest BCUT2D eigenvalue weighted by Gasteiger charge is -2.31. The van der Waals surface area contributed by atoms with E-state index in [4.69, 9.17) is 10.5 Å². The number of fused-ring (bicyclic) bond motifs is 2. The number of rotatable bonds is 6. The largest absolute Gasteiger partial charge is 0.489 e. The number of aliphatic hydroxyl groups is 1. The van der Waals surface area contributed by atoms with E-state index < -0.39 is 47.1 Å². The van der Waals surface area contributed by atoms with Gasteiger partial charge in [0.1, 0.15) is 29.3 Å². The van der Waals surface area contributed by atoms with E-state index in [1.807, 2.05) is 0 Å². The van der Waals surface area contributed by atoms with Gasteiger partial charge in [0.05, 0.1) is 12.2 Å². The van der Waals surface area contributed by atoms with E-state index in [0.29, 0.717) is 10.9 Å². The molecule has 0 saturated heterocycles. The van der Waals surface area contributed by atoms with E-state index in [-0.39, 0.29) is 34.7 Å². The topological polar surface area (TPSA) is 130 Å². The number of ether oxygens (including phenoxy) is 1. The number of pyridine rings is 1. The highest BCUT2D eigenvalue weighted by atomic mass is 19.4. The Morgan fingerprint density at radius 1 is 1.18 bits per heavy atom. The normalized spacial score (nSPS) is 18.2. The van der Waals surface area contributed by atoms with Gasteiger partial charge in [-0.1, -0.05) is 0 Å². The first-order valence-corrected chi connectivity index (χ1v) is 12.1. The lowest BCUT2D eigenvalue weighted by atomic mass is 9.81. The third-order valence-corrected chi connectivity index (χ3v) is 7.25. The molecule has 40 heavy (non-hydrogen) atoms. The zero-order chi connectivity index (χ0) is 29.0. The number of carbonyl (C=O) groups is 2. The summed E-state index contributed by atoms with van der Waals surface area (Å²) in [5.41, 5.74) is 1.04. The average Bonchev–Trinajstić information content (AvgIpc) is 3.52. The molecule has 4 aromatic rings. The molecule has 8 nitrogen and oxygen atoms in total. The summed E-state index contributed by atoms with van der Waals surface area (Å²) in [6, 6.07) is 10.4. The number of alkyl halides is 3. The first kappa shape index (κ1) is 27.1. The molecule has 0 saturated carbocycles. The molecule has 0 fully saturated rings. The van der Waals surface area contributed by atoms with Crippen LogP contribution in [0.4, 0.5) is 17.6 Å². The van der Waals surface area contributed by atoms with E-state index in [1.165, 1.54) is 31.2 Å². The smallest absolute Gasteiger partial charge is 0.424 e. The molecule has 2 aromatic carbocycles. The third kappa shape index (κ3) is 4.34. The molecular weight excluding hydrogens is 532 g/mol. The zero-order valence-electron chi connectivity index (χ0n) is 21.3. The van der Waals surface area contributed by atoms with Crippen LogP contribution in [0.25, 0.3) is 22.2 Å². The monoisotopic (exact) mass is 556 g/mol. The number of hydrogen-bond donors (Lipinski definition) is 4. The summed E-state index contributed by atoms with van der Waals surface area (Å²) in [6.07, 6.45) is -3.64. The minimum atomic E-state index is -5.31. The summed E-state index contributed by atoms with van der Waals surface area (Å²) >= 11 is 0. The second kappa shape index (κ2) is 9.33. The Balaban J connectivity index is 1.60. The van der Waals surface area contributed by atoms with Gasteiger partial charge in [0.2, 0.25) is 11.5 Å². The number of carbonyl (C=O) groups excluding carboxylic acids is 2. The Bertz CT molecular complexity index is 1650. The van der Waals surface area contributed by atoms with Crippen LogP contribution in [-0.4, -0.2) is 46.2 Å². The van der Waals surface area contributed by atoms with Crippen molar-refractivity contribution in [3.05, 3.63) is 82.9 Å². The summed E-state index contributed by atoms with van der Waals surface area (Å²) < 4.78 is 62.9. The van der Waals surface area contributed by atoms with E-state index in [1.54, 1.807) is 19.2 Å². The fraction of sp³-hybridized carbons (Fsp3) is 0.250. The van der Waals surface area contributed by atoms with Crippen LogP contribution in [0.3, 0.4) is 0 Å². The molecule has 0 spiro atoms. The number of aromatic amines is 1. The molecule has 5 N–H and O–H groups in total. The summed E-state index contributed by atoms with van der Waals surface area (Å²) in [6.45, 7) is 1.57. The summed E-state index contributed by atoms with van der Waals surface area (Å²) in [4.78, 5) is 32.4. The third-order valence-electron chi connectivity index (χ3n) is 7.25. The minimum Gasteiger partial charge on any atom is -0.489 e. The maximum atomic E-state index is 14.5.